The number of ketones is 1. The Bertz CT molecular complexity index is 1100. The van der Waals surface area contributed by atoms with E-state index in [0.29, 0.717) is 11.1 Å². The Labute approximate surface area is 213 Å². The standard InChI is InChI=1S/C23H22FN3O5.Na.H/c1-27-10-9-19(28)21(22(27)31)26-23(32)25-18(13-20(29)30)16-7-4-5-14(12-16)11-15-6-2-3-8-17(15)24;;/h2-10,12,18,21H,11,13H2,1H3,(H,29,30)(H2,25,26,32);;/q;+1;-1/t18-,21?;;/m0../s1. The van der Waals surface area contributed by atoms with Crippen molar-refractivity contribution in [3.8, 4) is 0 Å². The summed E-state index contributed by atoms with van der Waals surface area (Å²) in [6.45, 7) is 0. The molecule has 1 aliphatic rings. The molecule has 0 fully saturated rings. The second kappa shape index (κ2) is 11.7. The van der Waals surface area contributed by atoms with Crippen molar-refractivity contribution < 1.29 is 59.7 Å². The summed E-state index contributed by atoms with van der Waals surface area (Å²) >= 11 is 0. The Morgan fingerprint density at radius 1 is 1.18 bits per heavy atom. The van der Waals surface area contributed by atoms with E-state index >= 15 is 0 Å². The van der Waals surface area contributed by atoms with E-state index in [2.05, 4.69) is 10.6 Å². The first-order valence-electron chi connectivity index (χ1n) is 9.84. The molecule has 168 valence electrons. The number of carbonyl (C=O) groups excluding carboxylic acids is 3. The van der Waals surface area contributed by atoms with Crippen LogP contribution in [0.15, 0.2) is 60.8 Å². The van der Waals surface area contributed by atoms with Gasteiger partial charge in [0.2, 0.25) is 0 Å². The quantitative estimate of drug-likeness (QED) is 0.370. The molecule has 0 spiro atoms. The normalized spacial score (nSPS) is 16.1. The first-order valence-corrected chi connectivity index (χ1v) is 9.84. The maximum Gasteiger partial charge on any atom is 1.00 e. The van der Waals surface area contributed by atoms with Gasteiger partial charge in [-0.3, -0.25) is 14.4 Å². The van der Waals surface area contributed by atoms with Crippen LogP contribution in [0.2, 0.25) is 0 Å². The summed E-state index contributed by atoms with van der Waals surface area (Å²) in [5.41, 5.74) is 1.71. The number of nitrogens with zero attached hydrogens (tertiary/aromatic N) is 1. The van der Waals surface area contributed by atoms with Gasteiger partial charge in [0.05, 0.1) is 12.5 Å². The summed E-state index contributed by atoms with van der Waals surface area (Å²) in [5.74, 6) is -2.68. The van der Waals surface area contributed by atoms with Crippen molar-refractivity contribution in [3.05, 3.63) is 83.3 Å². The molecule has 0 radical (unpaired) electrons. The molecule has 0 bridgehead atoms. The van der Waals surface area contributed by atoms with Gasteiger partial charge in [0.1, 0.15) is 5.82 Å². The SMILES string of the molecule is CN1C=CC(=O)C(NC(=O)N[C@@H](CC(=O)O)c2cccc(Cc3ccccc3F)c2)C1=O.[H-].[Na+]. The second-order valence-corrected chi connectivity index (χ2v) is 7.38. The Balaban J connectivity index is 0.00000289. The average molecular weight is 463 g/mol. The third kappa shape index (κ3) is 6.98. The number of rotatable bonds is 7. The third-order valence-corrected chi connectivity index (χ3v) is 5.01. The van der Waals surface area contributed by atoms with E-state index in [9.17, 15) is 28.7 Å². The number of carboxylic acid groups (broad SMARTS) is 1. The predicted molar refractivity (Wildman–Crippen MR) is 114 cm³/mol. The van der Waals surface area contributed by atoms with Gasteiger partial charge < -0.3 is 22.1 Å². The fraction of sp³-hybridized carbons (Fsp3) is 0.217. The number of likely N-dealkylation sites (N-methyl/N-ethyl adjacent to an activating group) is 1. The number of halogens is 1. The molecule has 0 saturated heterocycles. The van der Waals surface area contributed by atoms with Crippen LogP contribution in [0, 0.1) is 5.82 Å². The molecule has 8 nitrogen and oxygen atoms in total. The smallest absolute Gasteiger partial charge is 1.00 e. The number of hydrogen-bond acceptors (Lipinski definition) is 4. The summed E-state index contributed by atoms with van der Waals surface area (Å²) < 4.78 is 14.0. The molecular weight excluding hydrogens is 440 g/mol. The summed E-state index contributed by atoms with van der Waals surface area (Å²) in [6.07, 6.45) is 2.33. The van der Waals surface area contributed by atoms with Crippen LogP contribution in [-0.2, 0) is 20.8 Å². The number of aliphatic carboxylic acids is 1. The minimum absolute atomic E-state index is 0. The van der Waals surface area contributed by atoms with Crippen LogP contribution in [-0.4, -0.2) is 46.8 Å². The Morgan fingerprint density at radius 3 is 2.61 bits per heavy atom. The molecule has 2 atom stereocenters. The summed E-state index contributed by atoms with van der Waals surface area (Å²) in [4.78, 5) is 49.1. The number of nitrogens with one attached hydrogen (secondary N) is 2. The molecule has 1 unspecified atom stereocenters. The first kappa shape index (κ1) is 26.2. The van der Waals surface area contributed by atoms with E-state index in [4.69, 9.17) is 0 Å². The van der Waals surface area contributed by atoms with Crippen molar-refractivity contribution in [2.45, 2.75) is 24.9 Å². The van der Waals surface area contributed by atoms with Crippen molar-refractivity contribution >= 4 is 23.7 Å². The van der Waals surface area contributed by atoms with Gasteiger partial charge >= 0.3 is 41.6 Å². The van der Waals surface area contributed by atoms with E-state index in [1.807, 2.05) is 0 Å². The Morgan fingerprint density at radius 2 is 1.91 bits per heavy atom. The number of hydrogen-bond donors (Lipinski definition) is 3. The Hall–Kier alpha value is -3.01. The average Bonchev–Trinajstić information content (AvgIpc) is 2.75. The van der Waals surface area contributed by atoms with E-state index < -0.39 is 42.2 Å². The Kier molecular flexibility index (Phi) is 9.33. The minimum atomic E-state index is -1.39. The number of amides is 3. The number of carbonyl (C=O) groups is 4. The topological polar surface area (TPSA) is 116 Å². The zero-order valence-corrected chi connectivity index (χ0v) is 20.2. The van der Waals surface area contributed by atoms with Gasteiger partial charge in [-0.2, -0.15) is 0 Å². The molecule has 10 heteroatoms. The molecular formula is C23H23FN3NaO5. The molecule has 3 rings (SSSR count). The molecule has 0 aromatic heterocycles. The van der Waals surface area contributed by atoms with Crippen molar-refractivity contribution in [2.24, 2.45) is 0 Å². The maximum atomic E-state index is 14.0. The molecule has 0 aliphatic carbocycles. The number of carboxylic acids is 1. The number of urea groups is 1. The minimum Gasteiger partial charge on any atom is -1.00 e. The molecule has 3 amide bonds. The third-order valence-electron chi connectivity index (χ3n) is 5.01. The van der Waals surface area contributed by atoms with Crippen LogP contribution in [0.4, 0.5) is 9.18 Å². The van der Waals surface area contributed by atoms with Crippen molar-refractivity contribution in [2.75, 3.05) is 7.05 Å². The fourth-order valence-corrected chi connectivity index (χ4v) is 3.35. The zero-order valence-electron chi connectivity index (χ0n) is 19.2. The van der Waals surface area contributed by atoms with Gasteiger partial charge in [-0.25, -0.2) is 9.18 Å². The molecule has 2 aromatic carbocycles. The molecule has 3 N–H and O–H groups in total. The maximum absolute atomic E-state index is 14.0. The molecule has 1 heterocycles. The van der Waals surface area contributed by atoms with Gasteiger partial charge in [-0.1, -0.05) is 42.5 Å². The fourth-order valence-electron chi connectivity index (χ4n) is 3.35. The zero-order chi connectivity index (χ0) is 23.3. The molecule has 1 aliphatic heterocycles. The van der Waals surface area contributed by atoms with Gasteiger partial charge in [-0.15, -0.1) is 0 Å². The van der Waals surface area contributed by atoms with Gasteiger partial charge in [0.15, 0.2) is 11.8 Å². The van der Waals surface area contributed by atoms with Crippen LogP contribution < -0.4 is 40.2 Å². The van der Waals surface area contributed by atoms with E-state index in [1.54, 1.807) is 42.5 Å². The molecule has 33 heavy (non-hydrogen) atoms. The predicted octanol–water partition coefficient (Wildman–Crippen LogP) is -0.729. The van der Waals surface area contributed by atoms with Crippen LogP contribution in [0.25, 0.3) is 0 Å². The van der Waals surface area contributed by atoms with Crippen LogP contribution in [0.1, 0.15) is 30.6 Å². The van der Waals surface area contributed by atoms with E-state index in [1.165, 1.54) is 30.3 Å². The van der Waals surface area contributed by atoms with Gasteiger partial charge in [0, 0.05) is 25.7 Å². The van der Waals surface area contributed by atoms with Crippen molar-refractivity contribution in [1.29, 1.82) is 0 Å². The van der Waals surface area contributed by atoms with Crippen molar-refractivity contribution in [3.63, 3.8) is 0 Å². The largest absolute Gasteiger partial charge is 1.00 e. The summed E-state index contributed by atoms with van der Waals surface area (Å²) in [7, 11) is 1.45. The van der Waals surface area contributed by atoms with Crippen molar-refractivity contribution in [1.82, 2.24) is 15.5 Å². The van der Waals surface area contributed by atoms with E-state index in [0.717, 1.165) is 5.56 Å². The first-order chi connectivity index (χ1) is 15.2. The van der Waals surface area contributed by atoms with E-state index in [-0.39, 0.29) is 43.2 Å². The van der Waals surface area contributed by atoms with Gasteiger partial charge in [0.25, 0.3) is 5.91 Å². The molecule has 2 aromatic rings. The second-order valence-electron chi connectivity index (χ2n) is 7.38. The summed E-state index contributed by atoms with van der Waals surface area (Å²) in [6, 6.07) is 9.95. The van der Waals surface area contributed by atoms with Crippen LogP contribution in [0.5, 0.6) is 0 Å². The van der Waals surface area contributed by atoms with Gasteiger partial charge in [-0.05, 0) is 22.8 Å². The summed E-state index contributed by atoms with van der Waals surface area (Å²) in [5, 5.41) is 14.1. The monoisotopic (exact) mass is 463 g/mol. The van der Waals surface area contributed by atoms with Crippen LogP contribution >= 0.6 is 0 Å². The molecule has 0 saturated carbocycles. The van der Waals surface area contributed by atoms with Crippen LogP contribution in [0.3, 0.4) is 0 Å². The number of benzene rings is 2.